The van der Waals surface area contributed by atoms with Crippen LogP contribution in [0.25, 0.3) is 11.0 Å². The Labute approximate surface area is 167 Å². The Kier molecular flexibility index (Phi) is 5.99. The lowest BCUT2D eigenvalue weighted by atomic mass is 10.0. The first kappa shape index (κ1) is 19.9. The number of hydrogen-bond donors (Lipinski definition) is 1. The van der Waals surface area contributed by atoms with Crippen molar-refractivity contribution in [2.75, 3.05) is 11.1 Å². The second-order valence-corrected chi connectivity index (χ2v) is 7.65. The summed E-state index contributed by atoms with van der Waals surface area (Å²) in [5.41, 5.74) is 4.18. The molecule has 0 atom stereocenters. The van der Waals surface area contributed by atoms with E-state index in [1.165, 1.54) is 24.8 Å². The number of amides is 1. The number of Topliss-reactive ketones (excluding diaryl/α,β-unsaturated/α-hetero) is 1. The smallest absolute Gasteiger partial charge is 0.336 e. The molecule has 0 radical (unpaired) electrons. The molecule has 1 heterocycles. The highest BCUT2D eigenvalue weighted by Gasteiger charge is 2.11. The van der Waals surface area contributed by atoms with Crippen molar-refractivity contribution in [2.24, 2.45) is 0 Å². The maximum absolute atomic E-state index is 12.3. The number of carbonyl (C=O) groups is 2. The van der Waals surface area contributed by atoms with Crippen LogP contribution in [0.5, 0.6) is 0 Å². The molecule has 6 heteroatoms. The van der Waals surface area contributed by atoms with E-state index in [-0.39, 0.29) is 17.4 Å². The van der Waals surface area contributed by atoms with Crippen LogP contribution in [0.4, 0.5) is 5.69 Å². The minimum atomic E-state index is -0.397. The summed E-state index contributed by atoms with van der Waals surface area (Å²) in [5, 5.41) is 3.67. The van der Waals surface area contributed by atoms with Crippen LogP contribution in [0.3, 0.4) is 0 Å². The zero-order valence-electron chi connectivity index (χ0n) is 16.0. The fourth-order valence-corrected chi connectivity index (χ4v) is 3.76. The summed E-state index contributed by atoms with van der Waals surface area (Å²) in [6.45, 7) is 5.45. The largest absolute Gasteiger partial charge is 0.423 e. The van der Waals surface area contributed by atoms with Crippen molar-refractivity contribution in [3.63, 3.8) is 0 Å². The van der Waals surface area contributed by atoms with Crippen molar-refractivity contribution in [2.45, 2.75) is 26.5 Å². The number of hydrogen-bond acceptors (Lipinski definition) is 5. The molecule has 3 rings (SSSR count). The number of thioether (sulfide) groups is 1. The number of para-hydroxylation sites is 1. The molecule has 2 aromatic carbocycles. The highest BCUT2D eigenvalue weighted by atomic mass is 32.2. The summed E-state index contributed by atoms with van der Waals surface area (Å²) in [7, 11) is 0. The summed E-state index contributed by atoms with van der Waals surface area (Å²) in [6.07, 6.45) is 0. The monoisotopic (exact) mass is 395 g/mol. The highest BCUT2D eigenvalue weighted by molar-refractivity contribution is 7.99. The number of benzene rings is 2. The van der Waals surface area contributed by atoms with Crippen LogP contribution in [0.1, 0.15) is 34.0 Å². The number of rotatable bonds is 6. The molecule has 3 aromatic rings. The van der Waals surface area contributed by atoms with Gasteiger partial charge in [-0.15, -0.1) is 11.8 Å². The minimum absolute atomic E-state index is 0.100. The van der Waals surface area contributed by atoms with E-state index < -0.39 is 5.63 Å². The Hall–Kier alpha value is -2.86. The van der Waals surface area contributed by atoms with Gasteiger partial charge in [0.2, 0.25) is 5.91 Å². The molecular formula is C22H21NO4S. The Balaban J connectivity index is 1.70. The van der Waals surface area contributed by atoms with Gasteiger partial charge in [-0.3, -0.25) is 9.59 Å². The maximum Gasteiger partial charge on any atom is 0.336 e. The quantitative estimate of drug-likeness (QED) is 0.492. The van der Waals surface area contributed by atoms with Gasteiger partial charge in [-0.2, -0.15) is 0 Å². The number of carbonyl (C=O) groups excluding carboxylic acids is 2. The summed E-state index contributed by atoms with van der Waals surface area (Å²) >= 11 is 1.40. The van der Waals surface area contributed by atoms with Gasteiger partial charge in [-0.25, -0.2) is 4.79 Å². The van der Waals surface area contributed by atoms with Crippen molar-refractivity contribution in [1.82, 2.24) is 0 Å². The first-order valence-corrected chi connectivity index (χ1v) is 10.0. The Morgan fingerprint density at radius 3 is 2.54 bits per heavy atom. The number of fused-ring (bicyclic) bond motifs is 1. The number of anilines is 1. The lowest BCUT2D eigenvalue weighted by molar-refractivity contribution is -0.113. The number of ketones is 1. The lowest BCUT2D eigenvalue weighted by Crippen LogP contribution is -2.16. The van der Waals surface area contributed by atoms with E-state index in [0.717, 1.165) is 22.1 Å². The van der Waals surface area contributed by atoms with E-state index in [4.69, 9.17) is 4.42 Å². The molecule has 0 saturated carbocycles. The molecular weight excluding hydrogens is 374 g/mol. The summed E-state index contributed by atoms with van der Waals surface area (Å²) in [5.74, 6) is 0.417. The normalized spacial score (nSPS) is 10.8. The Bertz CT molecular complexity index is 1120. The first-order valence-electron chi connectivity index (χ1n) is 8.86. The molecule has 0 aliphatic rings. The SMILES string of the molecule is CC(=O)c1ccccc1NC(=O)CSCc1cc(=O)oc2cc(C)c(C)cc12. The summed E-state index contributed by atoms with van der Waals surface area (Å²) in [6, 6.07) is 12.3. The fourth-order valence-electron chi connectivity index (χ4n) is 2.94. The second-order valence-electron chi connectivity index (χ2n) is 6.67. The third kappa shape index (κ3) is 4.51. The standard InChI is InChI=1S/C22H21NO4S/c1-13-8-18-16(10-22(26)27-20(18)9-14(13)2)11-28-12-21(25)23-19-7-5-4-6-17(19)15(3)24/h4-10H,11-12H2,1-3H3,(H,23,25). The van der Waals surface area contributed by atoms with Crippen LogP contribution in [-0.4, -0.2) is 17.4 Å². The van der Waals surface area contributed by atoms with Gasteiger partial charge in [0, 0.05) is 22.8 Å². The molecule has 0 saturated heterocycles. The molecule has 0 spiro atoms. The van der Waals surface area contributed by atoms with Gasteiger partial charge < -0.3 is 9.73 Å². The van der Waals surface area contributed by atoms with Crippen LogP contribution in [0, 0.1) is 13.8 Å². The van der Waals surface area contributed by atoms with Crippen molar-refractivity contribution < 1.29 is 14.0 Å². The van der Waals surface area contributed by atoms with E-state index in [2.05, 4.69) is 5.32 Å². The zero-order chi connectivity index (χ0) is 20.3. The van der Waals surface area contributed by atoms with Crippen LogP contribution in [-0.2, 0) is 10.5 Å². The molecule has 5 nitrogen and oxygen atoms in total. The van der Waals surface area contributed by atoms with E-state index in [9.17, 15) is 14.4 Å². The van der Waals surface area contributed by atoms with Gasteiger partial charge >= 0.3 is 5.63 Å². The van der Waals surface area contributed by atoms with Gasteiger partial charge in [-0.1, -0.05) is 12.1 Å². The minimum Gasteiger partial charge on any atom is -0.423 e. The predicted molar refractivity (Wildman–Crippen MR) is 113 cm³/mol. The number of aryl methyl sites for hydroxylation is 2. The number of nitrogens with one attached hydrogen (secondary N) is 1. The third-order valence-electron chi connectivity index (χ3n) is 4.52. The average molecular weight is 395 g/mol. The molecule has 0 bridgehead atoms. The molecule has 0 unspecified atom stereocenters. The zero-order valence-corrected chi connectivity index (χ0v) is 16.8. The van der Waals surface area contributed by atoms with Gasteiger partial charge in [0.25, 0.3) is 0 Å². The predicted octanol–water partition coefficient (Wildman–Crippen LogP) is 4.48. The Morgan fingerprint density at radius 2 is 1.79 bits per heavy atom. The Morgan fingerprint density at radius 1 is 1.07 bits per heavy atom. The van der Waals surface area contributed by atoms with Crippen LogP contribution >= 0.6 is 11.8 Å². The van der Waals surface area contributed by atoms with Gasteiger partial charge in [0.15, 0.2) is 5.78 Å². The van der Waals surface area contributed by atoms with E-state index in [1.54, 1.807) is 24.3 Å². The summed E-state index contributed by atoms with van der Waals surface area (Å²) in [4.78, 5) is 35.8. The van der Waals surface area contributed by atoms with Crippen LogP contribution in [0.2, 0.25) is 0 Å². The second kappa shape index (κ2) is 8.44. The molecule has 0 aliphatic heterocycles. The topological polar surface area (TPSA) is 76.4 Å². The van der Waals surface area contributed by atoms with Crippen LogP contribution < -0.4 is 10.9 Å². The third-order valence-corrected chi connectivity index (χ3v) is 5.50. The summed E-state index contributed by atoms with van der Waals surface area (Å²) < 4.78 is 5.30. The molecule has 0 fully saturated rings. The van der Waals surface area contributed by atoms with Gasteiger partial charge in [-0.05, 0) is 61.7 Å². The van der Waals surface area contributed by atoms with Crippen molar-refractivity contribution in [1.29, 1.82) is 0 Å². The van der Waals surface area contributed by atoms with Crippen molar-refractivity contribution >= 4 is 40.1 Å². The highest BCUT2D eigenvalue weighted by Crippen LogP contribution is 2.25. The molecule has 1 N–H and O–H groups in total. The molecule has 144 valence electrons. The van der Waals surface area contributed by atoms with E-state index in [1.807, 2.05) is 26.0 Å². The van der Waals surface area contributed by atoms with Crippen molar-refractivity contribution in [3.8, 4) is 0 Å². The molecule has 1 amide bonds. The van der Waals surface area contributed by atoms with E-state index in [0.29, 0.717) is 22.6 Å². The average Bonchev–Trinajstić information content (AvgIpc) is 2.63. The first-order chi connectivity index (χ1) is 13.3. The maximum atomic E-state index is 12.3. The van der Waals surface area contributed by atoms with Crippen LogP contribution in [0.15, 0.2) is 51.7 Å². The molecule has 28 heavy (non-hydrogen) atoms. The molecule has 1 aromatic heterocycles. The van der Waals surface area contributed by atoms with Gasteiger partial charge in [0.05, 0.1) is 11.4 Å². The van der Waals surface area contributed by atoms with E-state index >= 15 is 0 Å². The van der Waals surface area contributed by atoms with Gasteiger partial charge in [0.1, 0.15) is 5.58 Å². The fraction of sp³-hybridized carbons (Fsp3) is 0.227. The molecule has 0 aliphatic carbocycles. The van der Waals surface area contributed by atoms with Crippen molar-refractivity contribution in [3.05, 3.63) is 75.1 Å². The lowest BCUT2D eigenvalue weighted by Gasteiger charge is -2.10.